The number of nitrogens with zero attached hydrogens (tertiary/aromatic N) is 2. The van der Waals surface area contributed by atoms with Crippen molar-refractivity contribution in [2.45, 2.75) is 13.3 Å². The van der Waals surface area contributed by atoms with Gasteiger partial charge in [-0.1, -0.05) is 24.3 Å². The Kier molecular flexibility index (Phi) is 5.38. The molecule has 7 heteroatoms. The summed E-state index contributed by atoms with van der Waals surface area (Å²) in [6.45, 7) is 2.21. The minimum Gasteiger partial charge on any atom is -0.361 e. The molecular formula is C22H22N6O. The first-order valence-corrected chi connectivity index (χ1v) is 9.44. The Morgan fingerprint density at radius 3 is 2.83 bits per heavy atom. The van der Waals surface area contributed by atoms with Crippen molar-refractivity contribution in [1.29, 1.82) is 0 Å². The van der Waals surface area contributed by atoms with Gasteiger partial charge in [0, 0.05) is 48.1 Å². The van der Waals surface area contributed by atoms with Crippen LogP contribution < -0.4 is 16.0 Å². The van der Waals surface area contributed by atoms with Crippen LogP contribution in [0.5, 0.6) is 0 Å². The average molecular weight is 386 g/mol. The molecule has 0 saturated heterocycles. The topological polar surface area (TPSA) is 94.7 Å². The summed E-state index contributed by atoms with van der Waals surface area (Å²) in [7, 11) is 0. The van der Waals surface area contributed by atoms with E-state index in [1.54, 1.807) is 12.3 Å². The van der Waals surface area contributed by atoms with E-state index in [9.17, 15) is 4.79 Å². The minimum atomic E-state index is -0.106. The lowest BCUT2D eigenvalue weighted by Crippen LogP contribution is -2.08. The zero-order valence-electron chi connectivity index (χ0n) is 16.1. The van der Waals surface area contributed by atoms with Crippen LogP contribution in [-0.4, -0.2) is 27.4 Å². The largest absolute Gasteiger partial charge is 0.361 e. The van der Waals surface area contributed by atoms with Crippen molar-refractivity contribution in [1.82, 2.24) is 15.0 Å². The standard InChI is InChI=1S/C22H22N6O/c1-15(29)26-17-5-4-6-18(13-17)27-21-10-12-24-22(28-21)23-11-9-16-14-25-20-8-3-2-7-19(16)20/h2-8,10,12-14,25H,9,11H2,1H3,(H,26,29)(H2,23,24,27,28). The van der Waals surface area contributed by atoms with Gasteiger partial charge in [-0.05, 0) is 42.3 Å². The Hall–Kier alpha value is -3.87. The normalized spacial score (nSPS) is 10.7. The Labute approximate surface area is 168 Å². The Morgan fingerprint density at radius 1 is 1.07 bits per heavy atom. The Morgan fingerprint density at radius 2 is 1.93 bits per heavy atom. The van der Waals surface area contributed by atoms with Gasteiger partial charge in [0.1, 0.15) is 5.82 Å². The number of hydrogen-bond donors (Lipinski definition) is 4. The first kappa shape index (κ1) is 18.5. The highest BCUT2D eigenvalue weighted by molar-refractivity contribution is 5.89. The molecule has 0 unspecified atom stereocenters. The number of anilines is 4. The third-order valence-corrected chi connectivity index (χ3v) is 4.46. The van der Waals surface area contributed by atoms with Crippen molar-refractivity contribution >= 4 is 40.0 Å². The lowest BCUT2D eigenvalue weighted by atomic mass is 10.1. The van der Waals surface area contributed by atoms with Crippen molar-refractivity contribution in [2.24, 2.45) is 0 Å². The zero-order chi connectivity index (χ0) is 20.1. The molecule has 0 aliphatic rings. The van der Waals surface area contributed by atoms with Gasteiger partial charge in [0.05, 0.1) is 0 Å². The van der Waals surface area contributed by atoms with Crippen LogP contribution in [-0.2, 0) is 11.2 Å². The number of rotatable bonds is 7. The van der Waals surface area contributed by atoms with Crippen molar-refractivity contribution in [3.05, 3.63) is 72.6 Å². The number of fused-ring (bicyclic) bond motifs is 1. The lowest BCUT2D eigenvalue weighted by Gasteiger charge is -2.10. The predicted octanol–water partition coefficient (Wildman–Crippen LogP) is 4.31. The summed E-state index contributed by atoms with van der Waals surface area (Å²) in [6.07, 6.45) is 4.62. The molecule has 0 fully saturated rings. The molecule has 0 radical (unpaired) electrons. The summed E-state index contributed by atoms with van der Waals surface area (Å²) < 4.78 is 0. The van der Waals surface area contributed by atoms with Gasteiger partial charge in [-0.3, -0.25) is 4.79 Å². The fourth-order valence-corrected chi connectivity index (χ4v) is 3.19. The Balaban J connectivity index is 1.38. The molecule has 0 spiro atoms. The molecule has 0 aliphatic carbocycles. The maximum Gasteiger partial charge on any atom is 0.224 e. The number of aromatic nitrogens is 3. The highest BCUT2D eigenvalue weighted by Gasteiger charge is 2.04. The molecule has 2 aromatic carbocycles. The third kappa shape index (κ3) is 4.70. The molecule has 4 rings (SSSR count). The van der Waals surface area contributed by atoms with Gasteiger partial charge in [0.2, 0.25) is 11.9 Å². The van der Waals surface area contributed by atoms with E-state index >= 15 is 0 Å². The maximum absolute atomic E-state index is 11.2. The van der Waals surface area contributed by atoms with Crippen LogP contribution in [0.3, 0.4) is 0 Å². The number of aromatic amines is 1. The molecule has 0 saturated carbocycles. The van der Waals surface area contributed by atoms with Crippen molar-refractivity contribution in [3.8, 4) is 0 Å². The van der Waals surface area contributed by atoms with Gasteiger partial charge in [-0.15, -0.1) is 0 Å². The van der Waals surface area contributed by atoms with Gasteiger partial charge in [-0.2, -0.15) is 4.98 Å². The minimum absolute atomic E-state index is 0.106. The number of H-pyrrole nitrogens is 1. The SMILES string of the molecule is CC(=O)Nc1cccc(Nc2ccnc(NCCc3c[nH]c4ccccc34)n2)c1. The molecule has 4 aromatic rings. The molecule has 0 bridgehead atoms. The van der Waals surface area contributed by atoms with Gasteiger partial charge < -0.3 is 20.9 Å². The van der Waals surface area contributed by atoms with E-state index in [0.29, 0.717) is 11.8 Å². The summed E-state index contributed by atoms with van der Waals surface area (Å²) in [5.41, 5.74) is 3.97. The fraction of sp³-hybridized carbons (Fsp3) is 0.136. The van der Waals surface area contributed by atoms with Crippen molar-refractivity contribution in [2.75, 3.05) is 22.5 Å². The fourth-order valence-electron chi connectivity index (χ4n) is 3.19. The van der Waals surface area contributed by atoms with Crippen LogP contribution in [0.15, 0.2) is 67.0 Å². The second-order valence-electron chi connectivity index (χ2n) is 6.69. The van der Waals surface area contributed by atoms with E-state index in [1.165, 1.54) is 17.9 Å². The maximum atomic E-state index is 11.2. The second-order valence-corrected chi connectivity index (χ2v) is 6.69. The molecule has 2 heterocycles. The van der Waals surface area contributed by atoms with Crippen molar-refractivity contribution in [3.63, 3.8) is 0 Å². The molecule has 4 N–H and O–H groups in total. The quantitative estimate of drug-likeness (QED) is 0.380. The Bertz CT molecular complexity index is 1140. The summed E-state index contributed by atoms with van der Waals surface area (Å²) >= 11 is 0. The van der Waals surface area contributed by atoms with Crippen LogP contribution >= 0.6 is 0 Å². The van der Waals surface area contributed by atoms with E-state index in [4.69, 9.17) is 0 Å². The van der Waals surface area contributed by atoms with E-state index < -0.39 is 0 Å². The predicted molar refractivity (Wildman–Crippen MR) is 117 cm³/mol. The van der Waals surface area contributed by atoms with E-state index in [1.807, 2.05) is 42.6 Å². The third-order valence-electron chi connectivity index (χ3n) is 4.46. The molecule has 29 heavy (non-hydrogen) atoms. The van der Waals surface area contributed by atoms with Crippen LogP contribution in [0.1, 0.15) is 12.5 Å². The summed E-state index contributed by atoms with van der Waals surface area (Å²) in [5, 5.41) is 10.5. The van der Waals surface area contributed by atoms with Gasteiger partial charge in [-0.25, -0.2) is 4.98 Å². The smallest absolute Gasteiger partial charge is 0.224 e. The van der Waals surface area contributed by atoms with Crippen LogP contribution in [0, 0.1) is 0 Å². The van der Waals surface area contributed by atoms with Gasteiger partial charge in [0.15, 0.2) is 0 Å². The number of carbonyl (C=O) groups is 1. The molecule has 0 aliphatic heterocycles. The van der Waals surface area contributed by atoms with Crippen LogP contribution in [0.4, 0.5) is 23.1 Å². The zero-order valence-corrected chi connectivity index (χ0v) is 16.1. The van der Waals surface area contributed by atoms with E-state index in [0.717, 1.165) is 29.9 Å². The van der Waals surface area contributed by atoms with Crippen LogP contribution in [0.2, 0.25) is 0 Å². The summed E-state index contributed by atoms with van der Waals surface area (Å²) in [4.78, 5) is 23.3. The first-order chi connectivity index (χ1) is 14.2. The molecule has 2 aromatic heterocycles. The lowest BCUT2D eigenvalue weighted by molar-refractivity contribution is -0.114. The van der Waals surface area contributed by atoms with Gasteiger partial charge in [0.25, 0.3) is 0 Å². The van der Waals surface area contributed by atoms with Crippen LogP contribution in [0.25, 0.3) is 10.9 Å². The molecule has 146 valence electrons. The first-order valence-electron chi connectivity index (χ1n) is 9.44. The number of carbonyl (C=O) groups excluding carboxylic acids is 1. The molecule has 0 atom stereocenters. The number of para-hydroxylation sites is 1. The highest BCUT2D eigenvalue weighted by Crippen LogP contribution is 2.20. The van der Waals surface area contributed by atoms with E-state index in [-0.39, 0.29) is 5.91 Å². The average Bonchev–Trinajstić information content (AvgIpc) is 3.11. The summed E-state index contributed by atoms with van der Waals surface area (Å²) in [6, 6.07) is 17.6. The van der Waals surface area contributed by atoms with Crippen molar-refractivity contribution < 1.29 is 4.79 Å². The highest BCUT2D eigenvalue weighted by atomic mass is 16.1. The number of amides is 1. The number of benzene rings is 2. The molecule has 1 amide bonds. The summed E-state index contributed by atoms with van der Waals surface area (Å²) in [5.74, 6) is 1.13. The monoisotopic (exact) mass is 386 g/mol. The van der Waals surface area contributed by atoms with E-state index in [2.05, 4.69) is 43.0 Å². The number of nitrogens with one attached hydrogen (secondary N) is 4. The second kappa shape index (κ2) is 8.43. The number of hydrogen-bond acceptors (Lipinski definition) is 5. The van der Waals surface area contributed by atoms with Gasteiger partial charge >= 0.3 is 0 Å². The molecular weight excluding hydrogens is 364 g/mol. The molecule has 7 nitrogen and oxygen atoms in total.